The minimum Gasteiger partial charge on any atom is -0.473 e. The van der Waals surface area contributed by atoms with Gasteiger partial charge in [-0.3, -0.25) is 4.79 Å². The molecule has 1 saturated heterocycles. The number of amides is 1. The Balaban J connectivity index is 1.38. The van der Waals surface area contributed by atoms with E-state index in [1.54, 1.807) is 11.2 Å². The Kier molecular flexibility index (Phi) is 6.18. The molecular formula is C21H24FN5O3. The van der Waals surface area contributed by atoms with E-state index in [0.717, 1.165) is 11.8 Å². The van der Waals surface area contributed by atoms with Crippen molar-refractivity contribution in [2.45, 2.75) is 25.3 Å². The number of aliphatic hydroxyl groups excluding tert-OH is 1. The van der Waals surface area contributed by atoms with Gasteiger partial charge in [0.05, 0.1) is 18.8 Å². The van der Waals surface area contributed by atoms with Crippen LogP contribution in [-0.2, 0) is 4.79 Å². The lowest BCUT2D eigenvalue weighted by molar-refractivity contribution is -0.138. The molecule has 0 saturated carbocycles. The first-order valence-corrected chi connectivity index (χ1v) is 10.1. The third-order valence-corrected chi connectivity index (χ3v) is 5.40. The normalized spacial score (nSPS) is 19.3. The number of aliphatic hydroxyl groups is 1. The van der Waals surface area contributed by atoms with Crippen LogP contribution >= 0.6 is 0 Å². The topological polar surface area (TPSA) is 91.2 Å². The zero-order chi connectivity index (χ0) is 20.9. The second-order valence-corrected chi connectivity index (χ2v) is 7.30. The fourth-order valence-corrected chi connectivity index (χ4v) is 3.83. The van der Waals surface area contributed by atoms with Crippen LogP contribution in [-0.4, -0.2) is 58.5 Å². The number of ether oxygens (including phenoxy) is 1. The monoisotopic (exact) mass is 413 g/mol. The summed E-state index contributed by atoms with van der Waals surface area (Å²) in [6.07, 6.45) is 4.86. The van der Waals surface area contributed by atoms with Gasteiger partial charge in [0.2, 0.25) is 17.7 Å². The first kappa shape index (κ1) is 20.2. The maximum Gasteiger partial charge on any atom is 0.255 e. The summed E-state index contributed by atoms with van der Waals surface area (Å²) in [4.78, 5) is 23.2. The number of anilines is 1. The van der Waals surface area contributed by atoms with E-state index in [1.807, 2.05) is 35.2 Å². The molecule has 1 fully saturated rings. The molecule has 8 nitrogen and oxygen atoms in total. The summed E-state index contributed by atoms with van der Waals surface area (Å²) in [6, 6.07) is 9.88. The molecule has 3 heterocycles. The Morgan fingerprint density at radius 1 is 1.23 bits per heavy atom. The van der Waals surface area contributed by atoms with Crippen LogP contribution < -0.4 is 9.64 Å². The maximum atomic E-state index is 13.8. The lowest BCUT2D eigenvalue weighted by atomic mass is 9.94. The van der Waals surface area contributed by atoms with Gasteiger partial charge in [0.25, 0.3) is 5.88 Å². The quantitative estimate of drug-likeness (QED) is 0.781. The Labute approximate surface area is 174 Å². The molecule has 1 aromatic carbocycles. The van der Waals surface area contributed by atoms with Crippen molar-refractivity contribution < 1.29 is 19.0 Å². The van der Waals surface area contributed by atoms with Gasteiger partial charge in [0.1, 0.15) is 6.61 Å². The largest absolute Gasteiger partial charge is 0.473 e. The minimum atomic E-state index is -0.670. The van der Waals surface area contributed by atoms with E-state index in [0.29, 0.717) is 38.3 Å². The summed E-state index contributed by atoms with van der Waals surface area (Å²) >= 11 is 0. The lowest BCUT2D eigenvalue weighted by Crippen LogP contribution is -2.41. The number of rotatable bonds is 6. The van der Waals surface area contributed by atoms with Crippen LogP contribution in [0.25, 0.3) is 0 Å². The van der Waals surface area contributed by atoms with Crippen molar-refractivity contribution in [3.8, 4) is 5.88 Å². The highest BCUT2D eigenvalue weighted by atomic mass is 19.1. The highest BCUT2D eigenvalue weighted by Gasteiger charge is 2.35. The number of hydrogen-bond donors (Lipinski definition) is 1. The molecule has 0 radical (unpaired) electrons. The van der Waals surface area contributed by atoms with Crippen LogP contribution in [0.1, 0.15) is 30.9 Å². The Bertz CT molecular complexity index is 903. The van der Waals surface area contributed by atoms with E-state index < -0.39 is 5.82 Å². The van der Waals surface area contributed by atoms with Crippen molar-refractivity contribution in [3.05, 3.63) is 47.9 Å². The standard InChI is InChI=1S/C21H24FN5O3/c22-17-14-23-21(25-19(17)30-13-12-28)26-10-7-16(8-11-26)20(29)27-18(6-9-24-27)15-4-2-1-3-5-15/h1-5,9,14,16,18,28H,6-8,10-13H2/t18-/m0/s1. The van der Waals surface area contributed by atoms with Gasteiger partial charge in [-0.25, -0.2) is 9.99 Å². The van der Waals surface area contributed by atoms with Gasteiger partial charge in [-0.2, -0.15) is 14.5 Å². The van der Waals surface area contributed by atoms with E-state index in [2.05, 4.69) is 15.1 Å². The van der Waals surface area contributed by atoms with E-state index in [4.69, 9.17) is 9.84 Å². The van der Waals surface area contributed by atoms with Gasteiger partial charge >= 0.3 is 0 Å². The van der Waals surface area contributed by atoms with Crippen molar-refractivity contribution in [1.82, 2.24) is 15.0 Å². The van der Waals surface area contributed by atoms with Crippen LogP contribution in [0.5, 0.6) is 5.88 Å². The Hall–Kier alpha value is -3.07. The molecule has 1 amide bonds. The molecule has 0 bridgehead atoms. The molecule has 2 aromatic rings. The number of hydrazone groups is 1. The number of benzene rings is 1. The number of carbonyl (C=O) groups is 1. The van der Waals surface area contributed by atoms with E-state index >= 15 is 0 Å². The van der Waals surface area contributed by atoms with Gasteiger partial charge in [-0.15, -0.1) is 0 Å². The summed E-state index contributed by atoms with van der Waals surface area (Å²) < 4.78 is 18.9. The second-order valence-electron chi connectivity index (χ2n) is 7.30. The second kappa shape index (κ2) is 9.17. The van der Waals surface area contributed by atoms with Crippen molar-refractivity contribution in [3.63, 3.8) is 0 Å². The van der Waals surface area contributed by atoms with Gasteiger partial charge < -0.3 is 14.7 Å². The number of aromatic nitrogens is 2. The summed E-state index contributed by atoms with van der Waals surface area (Å²) in [5, 5.41) is 14.8. The highest BCUT2D eigenvalue weighted by Crippen LogP contribution is 2.32. The molecule has 0 unspecified atom stereocenters. The first-order valence-electron chi connectivity index (χ1n) is 10.1. The summed E-state index contributed by atoms with van der Waals surface area (Å²) in [5.41, 5.74) is 1.08. The number of piperidine rings is 1. The molecule has 0 aliphatic carbocycles. The average Bonchev–Trinajstić information content (AvgIpc) is 3.29. The van der Waals surface area contributed by atoms with Crippen LogP contribution in [0, 0.1) is 11.7 Å². The number of halogens is 1. The molecule has 2 aliphatic rings. The predicted octanol–water partition coefficient (Wildman–Crippen LogP) is 2.16. The first-order chi connectivity index (χ1) is 14.7. The van der Waals surface area contributed by atoms with Crippen LogP contribution in [0.2, 0.25) is 0 Å². The third kappa shape index (κ3) is 4.25. The molecule has 1 N–H and O–H groups in total. The van der Waals surface area contributed by atoms with E-state index in [-0.39, 0.29) is 37.0 Å². The highest BCUT2D eigenvalue weighted by molar-refractivity contribution is 5.82. The minimum absolute atomic E-state index is 0.0317. The third-order valence-electron chi connectivity index (χ3n) is 5.40. The Morgan fingerprint density at radius 3 is 2.73 bits per heavy atom. The van der Waals surface area contributed by atoms with E-state index in [1.165, 1.54) is 0 Å². The van der Waals surface area contributed by atoms with E-state index in [9.17, 15) is 9.18 Å². The lowest BCUT2D eigenvalue weighted by Gasteiger charge is -2.33. The predicted molar refractivity (Wildman–Crippen MR) is 109 cm³/mol. The molecule has 2 aliphatic heterocycles. The molecule has 9 heteroatoms. The fraction of sp³-hybridized carbons (Fsp3) is 0.429. The zero-order valence-electron chi connectivity index (χ0n) is 16.5. The molecule has 4 rings (SSSR count). The molecule has 30 heavy (non-hydrogen) atoms. The maximum absolute atomic E-state index is 13.8. The smallest absolute Gasteiger partial charge is 0.255 e. The van der Waals surface area contributed by atoms with Gasteiger partial charge in [0, 0.05) is 31.6 Å². The SMILES string of the molecule is O=C(C1CCN(c2ncc(F)c(OCCO)n2)CC1)N1N=CC[C@H]1c1ccccc1. The zero-order valence-corrected chi connectivity index (χ0v) is 16.5. The van der Waals surface area contributed by atoms with Gasteiger partial charge in [0.15, 0.2) is 0 Å². The van der Waals surface area contributed by atoms with Crippen molar-refractivity contribution in [2.24, 2.45) is 11.0 Å². The van der Waals surface area contributed by atoms with Crippen molar-refractivity contribution >= 4 is 18.1 Å². The summed E-state index contributed by atoms with van der Waals surface area (Å²) in [6.45, 7) is 0.891. The number of nitrogens with zero attached hydrogens (tertiary/aromatic N) is 5. The molecular weight excluding hydrogens is 389 g/mol. The molecule has 1 aromatic heterocycles. The van der Waals surface area contributed by atoms with Crippen LogP contribution in [0.15, 0.2) is 41.6 Å². The molecule has 1 atom stereocenters. The van der Waals surface area contributed by atoms with Crippen LogP contribution in [0.3, 0.4) is 0 Å². The van der Waals surface area contributed by atoms with Crippen LogP contribution in [0.4, 0.5) is 10.3 Å². The number of carbonyl (C=O) groups excluding carboxylic acids is 1. The summed E-state index contributed by atoms with van der Waals surface area (Å²) in [5.74, 6) is -0.588. The Morgan fingerprint density at radius 2 is 2.00 bits per heavy atom. The fourth-order valence-electron chi connectivity index (χ4n) is 3.83. The van der Waals surface area contributed by atoms with Gasteiger partial charge in [-0.1, -0.05) is 30.3 Å². The molecule has 0 spiro atoms. The average molecular weight is 413 g/mol. The summed E-state index contributed by atoms with van der Waals surface area (Å²) in [7, 11) is 0. The van der Waals surface area contributed by atoms with Crippen molar-refractivity contribution in [2.75, 3.05) is 31.2 Å². The van der Waals surface area contributed by atoms with Gasteiger partial charge in [-0.05, 0) is 18.4 Å². The molecule has 158 valence electrons. The number of hydrogen-bond acceptors (Lipinski definition) is 7. The van der Waals surface area contributed by atoms with Crippen molar-refractivity contribution in [1.29, 1.82) is 0 Å².